The Bertz CT molecular complexity index is 387. The van der Waals surface area contributed by atoms with E-state index in [2.05, 4.69) is 10.1 Å². The van der Waals surface area contributed by atoms with Crippen LogP contribution in [0.25, 0.3) is 0 Å². The summed E-state index contributed by atoms with van der Waals surface area (Å²) in [6.07, 6.45) is 0.673. The molecule has 2 amide bonds. The number of aliphatic carboxylic acids is 1. The molecule has 0 spiro atoms. The van der Waals surface area contributed by atoms with Crippen molar-refractivity contribution >= 4 is 18.0 Å². The minimum Gasteiger partial charge on any atom is -0.480 e. The van der Waals surface area contributed by atoms with Gasteiger partial charge in [-0.1, -0.05) is 13.3 Å². The number of ether oxygens (including phenoxy) is 2. The lowest BCUT2D eigenvalue weighted by atomic mass is 10.1. The van der Waals surface area contributed by atoms with E-state index in [-0.39, 0.29) is 13.0 Å². The predicted molar refractivity (Wildman–Crippen MR) is 72.8 cm³/mol. The van der Waals surface area contributed by atoms with E-state index < -0.39 is 30.1 Å². The van der Waals surface area contributed by atoms with Crippen LogP contribution in [0.15, 0.2) is 0 Å². The topological polar surface area (TPSA) is 105 Å². The molecular weight excluding hydrogens is 280 g/mol. The van der Waals surface area contributed by atoms with Crippen molar-refractivity contribution in [1.29, 1.82) is 0 Å². The van der Waals surface area contributed by atoms with Crippen molar-refractivity contribution in [3.8, 4) is 0 Å². The third-order valence-corrected chi connectivity index (χ3v) is 3.22. The number of urea groups is 1. The number of morpholine rings is 1. The highest BCUT2D eigenvalue weighted by atomic mass is 16.5. The lowest BCUT2D eigenvalue weighted by molar-refractivity contribution is -0.145. The molecule has 1 heterocycles. The molecule has 2 atom stereocenters. The molecule has 1 fully saturated rings. The van der Waals surface area contributed by atoms with E-state index >= 15 is 0 Å². The average molecular weight is 302 g/mol. The molecule has 1 aliphatic rings. The molecule has 1 aliphatic heterocycles. The molecular formula is C13H22N2O6. The smallest absolute Gasteiger partial charge is 0.326 e. The van der Waals surface area contributed by atoms with Crippen LogP contribution in [-0.2, 0) is 19.1 Å². The van der Waals surface area contributed by atoms with Crippen molar-refractivity contribution in [2.24, 2.45) is 0 Å². The molecule has 0 radical (unpaired) electrons. The molecule has 0 aliphatic carbocycles. The van der Waals surface area contributed by atoms with Crippen LogP contribution in [0, 0.1) is 0 Å². The van der Waals surface area contributed by atoms with E-state index in [0.717, 1.165) is 0 Å². The first-order valence-corrected chi connectivity index (χ1v) is 6.94. The first-order chi connectivity index (χ1) is 9.97. The molecule has 2 N–H and O–H groups in total. The maximum atomic E-state index is 12.1. The Labute approximate surface area is 123 Å². The third kappa shape index (κ3) is 5.58. The van der Waals surface area contributed by atoms with Crippen LogP contribution in [-0.4, -0.2) is 66.9 Å². The van der Waals surface area contributed by atoms with Gasteiger partial charge in [0.2, 0.25) is 0 Å². The van der Waals surface area contributed by atoms with Crippen molar-refractivity contribution in [2.75, 3.05) is 26.8 Å². The number of amides is 2. The van der Waals surface area contributed by atoms with E-state index in [4.69, 9.17) is 9.84 Å². The van der Waals surface area contributed by atoms with E-state index in [1.54, 1.807) is 0 Å². The van der Waals surface area contributed by atoms with Gasteiger partial charge in [0.1, 0.15) is 6.04 Å². The van der Waals surface area contributed by atoms with E-state index in [1.165, 1.54) is 12.0 Å². The average Bonchev–Trinajstić information content (AvgIpc) is 2.46. The number of nitrogens with one attached hydrogen (secondary N) is 1. The van der Waals surface area contributed by atoms with Gasteiger partial charge in [-0.15, -0.1) is 0 Å². The lowest BCUT2D eigenvalue weighted by Gasteiger charge is -2.33. The van der Waals surface area contributed by atoms with E-state index in [1.807, 2.05) is 6.92 Å². The Hall–Kier alpha value is -1.83. The number of hydrogen-bond donors (Lipinski definition) is 2. The monoisotopic (exact) mass is 302 g/mol. The van der Waals surface area contributed by atoms with E-state index in [0.29, 0.717) is 26.0 Å². The molecule has 8 nitrogen and oxygen atoms in total. The van der Waals surface area contributed by atoms with Gasteiger partial charge in [-0.2, -0.15) is 0 Å². The van der Waals surface area contributed by atoms with Gasteiger partial charge in [-0.25, -0.2) is 9.59 Å². The number of nitrogens with zero attached hydrogens (tertiary/aromatic N) is 1. The van der Waals surface area contributed by atoms with Crippen LogP contribution in [0.3, 0.4) is 0 Å². The van der Waals surface area contributed by atoms with Crippen molar-refractivity contribution in [3.05, 3.63) is 0 Å². The molecule has 0 aromatic heterocycles. The molecule has 1 saturated heterocycles. The maximum absolute atomic E-state index is 12.1. The predicted octanol–water partition coefficient (Wildman–Crippen LogP) is 0.213. The van der Waals surface area contributed by atoms with Crippen LogP contribution in [0.4, 0.5) is 4.79 Å². The zero-order valence-corrected chi connectivity index (χ0v) is 12.3. The molecule has 8 heteroatoms. The summed E-state index contributed by atoms with van der Waals surface area (Å²) in [5.74, 6) is -1.46. The largest absolute Gasteiger partial charge is 0.480 e. The highest BCUT2D eigenvalue weighted by molar-refractivity contribution is 5.82. The number of rotatable bonds is 6. The van der Waals surface area contributed by atoms with Crippen molar-refractivity contribution in [1.82, 2.24) is 10.2 Å². The SMILES string of the molecule is CCCC(NC(=O)N1CCOC(CC(=O)OC)C1)C(=O)O. The Balaban J connectivity index is 2.52. The number of hydrogen-bond acceptors (Lipinski definition) is 5. The molecule has 0 saturated carbocycles. The highest BCUT2D eigenvalue weighted by Crippen LogP contribution is 2.10. The van der Waals surface area contributed by atoms with Gasteiger partial charge in [0, 0.05) is 13.1 Å². The molecule has 2 unspecified atom stereocenters. The number of esters is 1. The van der Waals surface area contributed by atoms with Crippen molar-refractivity contribution in [3.63, 3.8) is 0 Å². The molecule has 21 heavy (non-hydrogen) atoms. The van der Waals surface area contributed by atoms with Gasteiger partial charge in [0.05, 0.1) is 26.2 Å². The lowest BCUT2D eigenvalue weighted by Crippen LogP contribution is -2.53. The number of carbonyl (C=O) groups is 3. The summed E-state index contributed by atoms with van der Waals surface area (Å²) in [5.41, 5.74) is 0. The molecule has 1 rings (SSSR count). The zero-order valence-electron chi connectivity index (χ0n) is 12.3. The summed E-state index contributed by atoms with van der Waals surface area (Å²) >= 11 is 0. The summed E-state index contributed by atoms with van der Waals surface area (Å²) < 4.78 is 9.95. The third-order valence-electron chi connectivity index (χ3n) is 3.22. The molecule has 120 valence electrons. The summed E-state index contributed by atoms with van der Waals surface area (Å²) in [7, 11) is 1.29. The van der Waals surface area contributed by atoms with Gasteiger partial charge in [-0.05, 0) is 6.42 Å². The molecule has 0 bridgehead atoms. The summed E-state index contributed by atoms with van der Waals surface area (Å²) in [5, 5.41) is 11.5. The first kappa shape index (κ1) is 17.2. The second-order valence-electron chi connectivity index (χ2n) is 4.85. The van der Waals surface area contributed by atoms with Crippen molar-refractivity contribution in [2.45, 2.75) is 38.3 Å². The van der Waals surface area contributed by atoms with Crippen LogP contribution in [0.1, 0.15) is 26.2 Å². The number of carbonyl (C=O) groups excluding carboxylic acids is 2. The van der Waals surface area contributed by atoms with Crippen LogP contribution < -0.4 is 5.32 Å². The Kier molecular flexibility index (Phi) is 6.93. The number of methoxy groups -OCH3 is 1. The number of carboxylic acid groups (broad SMARTS) is 1. The molecule has 0 aromatic rings. The quantitative estimate of drug-likeness (QED) is 0.680. The fourth-order valence-corrected chi connectivity index (χ4v) is 2.08. The van der Waals surface area contributed by atoms with Gasteiger partial charge in [0.15, 0.2) is 0 Å². The second-order valence-corrected chi connectivity index (χ2v) is 4.85. The minimum atomic E-state index is -1.05. The molecule has 0 aromatic carbocycles. The van der Waals surface area contributed by atoms with Gasteiger partial charge >= 0.3 is 18.0 Å². The fourth-order valence-electron chi connectivity index (χ4n) is 2.08. The fraction of sp³-hybridized carbons (Fsp3) is 0.769. The second kappa shape index (κ2) is 8.46. The maximum Gasteiger partial charge on any atom is 0.326 e. The van der Waals surface area contributed by atoms with E-state index in [9.17, 15) is 14.4 Å². The van der Waals surface area contributed by atoms with Crippen molar-refractivity contribution < 1.29 is 29.0 Å². The summed E-state index contributed by atoms with van der Waals surface area (Å²) in [6, 6.07) is -1.35. The van der Waals surface area contributed by atoms with Gasteiger partial charge in [0.25, 0.3) is 0 Å². The zero-order chi connectivity index (χ0) is 15.8. The Morgan fingerprint density at radius 3 is 2.76 bits per heavy atom. The first-order valence-electron chi connectivity index (χ1n) is 6.94. The highest BCUT2D eigenvalue weighted by Gasteiger charge is 2.28. The van der Waals surface area contributed by atoms with Gasteiger partial charge in [-0.3, -0.25) is 4.79 Å². The summed E-state index contributed by atoms with van der Waals surface area (Å²) in [4.78, 5) is 35.8. The Morgan fingerprint density at radius 2 is 2.19 bits per heavy atom. The normalized spacial score (nSPS) is 19.7. The standard InChI is InChI=1S/C13H22N2O6/c1-3-4-10(12(17)18)14-13(19)15-5-6-21-9(8-15)7-11(16)20-2/h9-10H,3-8H2,1-2H3,(H,14,19)(H,17,18). The Morgan fingerprint density at radius 1 is 1.48 bits per heavy atom. The summed E-state index contributed by atoms with van der Waals surface area (Å²) in [6.45, 7) is 2.76. The number of carboxylic acids is 1. The van der Waals surface area contributed by atoms with Gasteiger partial charge < -0.3 is 24.8 Å². The minimum absolute atomic E-state index is 0.0671. The van der Waals surface area contributed by atoms with Crippen LogP contribution >= 0.6 is 0 Å². The van der Waals surface area contributed by atoms with Crippen LogP contribution in [0.5, 0.6) is 0 Å². The van der Waals surface area contributed by atoms with Crippen LogP contribution in [0.2, 0.25) is 0 Å².